The first-order valence-corrected chi connectivity index (χ1v) is 9.38. The van der Waals surface area contributed by atoms with Gasteiger partial charge in [-0.25, -0.2) is 0 Å². The van der Waals surface area contributed by atoms with Gasteiger partial charge in [-0.05, 0) is 0 Å². The summed E-state index contributed by atoms with van der Waals surface area (Å²) in [6, 6.07) is 30.5. The fraction of sp³-hybridized carbons (Fsp3) is 0. The van der Waals surface area contributed by atoms with Gasteiger partial charge in [-0.15, -0.1) is 0 Å². The van der Waals surface area contributed by atoms with Crippen LogP contribution < -0.4 is 21.1 Å². The molecule has 0 saturated carbocycles. The third-order valence-electron chi connectivity index (χ3n) is 3.89. The number of isocyanates is 1. The van der Waals surface area contributed by atoms with E-state index in [1.165, 1.54) is 0 Å². The molecule has 0 saturated heterocycles. The van der Waals surface area contributed by atoms with Crippen LogP contribution >= 0.6 is 7.41 Å². The normalized spacial score (nSPS) is 11.3. The Hall–Kier alpha value is -2.73. The van der Waals surface area contributed by atoms with Gasteiger partial charge < -0.3 is 0 Å². The zero-order valence-corrected chi connectivity index (χ0v) is 13.5. The Kier molecular flexibility index (Phi) is 4.63. The van der Waals surface area contributed by atoms with Gasteiger partial charge in [0.25, 0.3) is 0 Å². The van der Waals surface area contributed by atoms with Gasteiger partial charge in [0.05, 0.1) is 0 Å². The molecule has 23 heavy (non-hydrogen) atoms. The Morgan fingerprint density at radius 1 is 0.652 bits per heavy atom. The molecule has 0 aromatic heterocycles. The average Bonchev–Trinajstić information content (AvgIpc) is 2.65. The molecule has 0 aliphatic heterocycles. The van der Waals surface area contributed by atoms with Crippen molar-refractivity contribution < 1.29 is 4.79 Å². The number of benzene rings is 3. The summed E-state index contributed by atoms with van der Waals surface area (Å²) in [6.07, 6.45) is 1.63. The van der Waals surface area contributed by atoms with Gasteiger partial charge in [-0.2, -0.15) is 0 Å². The molecule has 0 aliphatic rings. The molecule has 3 nitrogen and oxygen atoms in total. The van der Waals surface area contributed by atoms with Crippen molar-refractivity contribution >= 4 is 29.4 Å². The molecule has 0 unspecified atom stereocenters. The van der Waals surface area contributed by atoms with Crippen molar-refractivity contribution in [1.82, 2.24) is 5.20 Å². The summed E-state index contributed by atoms with van der Waals surface area (Å²) in [5.74, 6) is 0. The number of rotatable bonds is 5. The van der Waals surface area contributed by atoms with Crippen LogP contribution in [0.25, 0.3) is 0 Å². The quantitative estimate of drug-likeness (QED) is 0.340. The molecule has 4 heteroatoms. The van der Waals surface area contributed by atoms with E-state index in [1.807, 2.05) is 54.6 Å². The van der Waals surface area contributed by atoms with Gasteiger partial charge in [0, 0.05) is 0 Å². The minimum atomic E-state index is -2.62. The summed E-state index contributed by atoms with van der Waals surface area (Å²) in [7, 11) is -2.62. The summed E-state index contributed by atoms with van der Waals surface area (Å²) in [5, 5.41) is 10.4. The second-order valence-electron chi connectivity index (χ2n) is 5.16. The molecule has 0 spiro atoms. The second-order valence-corrected chi connectivity index (χ2v) is 8.62. The molecule has 114 valence electrons. The van der Waals surface area contributed by atoms with Crippen molar-refractivity contribution in [1.29, 1.82) is 0 Å². The molecule has 0 amide bonds. The van der Waals surface area contributed by atoms with E-state index >= 15 is 0 Å². The zero-order valence-electron chi connectivity index (χ0n) is 12.5. The van der Waals surface area contributed by atoms with Crippen molar-refractivity contribution in [2.24, 2.45) is 5.10 Å². The van der Waals surface area contributed by atoms with Crippen molar-refractivity contribution in [2.75, 3.05) is 0 Å². The Bertz CT molecular complexity index is 704. The number of hydrazone groups is 1. The van der Waals surface area contributed by atoms with E-state index in [2.05, 4.69) is 46.7 Å². The Labute approximate surface area is 136 Å². The van der Waals surface area contributed by atoms with Crippen molar-refractivity contribution in [3.05, 3.63) is 91.0 Å². The molecule has 0 atom stereocenters. The van der Waals surface area contributed by atoms with Crippen LogP contribution in [0.4, 0.5) is 0 Å². The molecular formula is C19H17N2OP. The molecule has 3 aromatic carbocycles. The van der Waals surface area contributed by atoms with Crippen LogP contribution in [0.15, 0.2) is 96.1 Å². The molecule has 3 aromatic rings. The van der Waals surface area contributed by atoms with Gasteiger partial charge in [-0.1, -0.05) is 0 Å². The maximum absolute atomic E-state index is 10.8. The first-order valence-electron chi connectivity index (χ1n) is 7.38. The first kappa shape index (κ1) is 15.2. The van der Waals surface area contributed by atoms with Crippen LogP contribution in [0.2, 0.25) is 0 Å². The van der Waals surface area contributed by atoms with Crippen LogP contribution in [-0.2, 0) is 4.79 Å². The molecule has 3 rings (SSSR count). The molecule has 0 bridgehead atoms. The van der Waals surface area contributed by atoms with Gasteiger partial charge >= 0.3 is 135 Å². The predicted molar refractivity (Wildman–Crippen MR) is 97.8 cm³/mol. The number of hydrogen-bond donors (Lipinski definition) is 1. The average molecular weight is 320 g/mol. The molecule has 1 N–H and O–H groups in total. The van der Waals surface area contributed by atoms with Gasteiger partial charge in [0.2, 0.25) is 0 Å². The van der Waals surface area contributed by atoms with E-state index in [1.54, 1.807) is 6.08 Å². The summed E-state index contributed by atoms with van der Waals surface area (Å²) in [4.78, 5) is 10.8. The second kappa shape index (κ2) is 7.02. The summed E-state index contributed by atoms with van der Waals surface area (Å²) in [5.41, 5.74) is 0. The van der Waals surface area contributed by atoms with E-state index < -0.39 is 7.41 Å². The Morgan fingerprint density at radius 2 is 1.00 bits per heavy atom. The fourth-order valence-electron chi connectivity index (χ4n) is 2.86. The van der Waals surface area contributed by atoms with Crippen molar-refractivity contribution in [3.63, 3.8) is 0 Å². The fourth-order valence-corrected chi connectivity index (χ4v) is 6.54. The first-order chi connectivity index (χ1) is 11.4. The minimum absolute atomic E-state index is 1.14. The monoisotopic (exact) mass is 320 g/mol. The number of hydrogen-bond acceptors (Lipinski definition) is 3. The predicted octanol–water partition coefficient (Wildman–Crippen LogP) is 2.47. The van der Waals surface area contributed by atoms with Crippen LogP contribution in [0.3, 0.4) is 0 Å². The third kappa shape index (κ3) is 2.93. The van der Waals surface area contributed by atoms with E-state index in [-0.39, 0.29) is 0 Å². The molecule has 0 aliphatic carbocycles. The SMILES string of the molecule is O=C=NN[PH](c1ccccc1)(c1ccccc1)c1ccccc1. The number of carbonyl (C=O) groups excluding carboxylic acids is 1. The van der Waals surface area contributed by atoms with Crippen LogP contribution in [0.1, 0.15) is 0 Å². The van der Waals surface area contributed by atoms with Crippen molar-refractivity contribution in [3.8, 4) is 0 Å². The van der Waals surface area contributed by atoms with E-state index in [0.29, 0.717) is 0 Å². The molecule has 0 radical (unpaired) electrons. The van der Waals surface area contributed by atoms with Gasteiger partial charge in [0.15, 0.2) is 0 Å². The van der Waals surface area contributed by atoms with Crippen LogP contribution in [0, 0.1) is 0 Å². The molecule has 0 fully saturated rings. The zero-order chi connectivity index (χ0) is 16.0. The standard InChI is InChI=1S/C19H17N2OP/c22-16-20-21-23(17-10-4-1-5-11-17,18-12-6-2-7-13-18)19-14-8-3-9-15-19/h1-15,21,23H. The topological polar surface area (TPSA) is 41.5 Å². The van der Waals surface area contributed by atoms with E-state index in [0.717, 1.165) is 15.9 Å². The summed E-state index contributed by atoms with van der Waals surface area (Å²) in [6.45, 7) is 0. The Balaban J connectivity index is 2.32. The molecular weight excluding hydrogens is 303 g/mol. The van der Waals surface area contributed by atoms with Crippen LogP contribution in [0.5, 0.6) is 0 Å². The third-order valence-corrected chi connectivity index (χ3v) is 7.93. The van der Waals surface area contributed by atoms with E-state index in [9.17, 15) is 4.79 Å². The number of nitrogens with zero attached hydrogens (tertiary/aromatic N) is 1. The van der Waals surface area contributed by atoms with Crippen molar-refractivity contribution in [2.45, 2.75) is 0 Å². The Morgan fingerprint density at radius 3 is 1.30 bits per heavy atom. The summed E-state index contributed by atoms with van der Waals surface area (Å²) >= 11 is 0. The number of nitrogens with one attached hydrogen (secondary N) is 1. The van der Waals surface area contributed by atoms with E-state index in [4.69, 9.17) is 0 Å². The molecule has 0 heterocycles. The van der Waals surface area contributed by atoms with Crippen LogP contribution in [-0.4, -0.2) is 6.08 Å². The summed E-state index contributed by atoms with van der Waals surface area (Å²) < 4.78 is 0. The van der Waals surface area contributed by atoms with Gasteiger partial charge in [-0.3, -0.25) is 0 Å². The maximum atomic E-state index is 10.8. The van der Waals surface area contributed by atoms with Gasteiger partial charge in [0.1, 0.15) is 0 Å².